The van der Waals surface area contributed by atoms with Gasteiger partial charge in [0.2, 0.25) is 0 Å². The Labute approximate surface area is 222 Å². The van der Waals surface area contributed by atoms with Crippen LogP contribution in [0, 0.1) is 0 Å². The molecule has 10 heteroatoms. The molecular weight excluding hydrogens is 520 g/mol. The van der Waals surface area contributed by atoms with E-state index < -0.39 is 11.8 Å². The zero-order chi connectivity index (χ0) is 25.7. The topological polar surface area (TPSA) is 77.1 Å². The molecule has 4 rings (SSSR count). The highest BCUT2D eigenvalue weighted by Gasteiger charge is 2.34. The molecule has 2 amide bonds. The predicted molar refractivity (Wildman–Crippen MR) is 144 cm³/mol. The quantitative estimate of drug-likeness (QED) is 0.299. The summed E-state index contributed by atoms with van der Waals surface area (Å²) in [5.74, 6) is 0.692. The van der Waals surface area contributed by atoms with Crippen LogP contribution < -0.4 is 19.6 Å². The van der Waals surface area contributed by atoms with Crippen molar-refractivity contribution in [3.05, 3.63) is 93.3 Å². The Hall–Kier alpha value is -3.53. The molecule has 1 aliphatic heterocycles. The van der Waals surface area contributed by atoms with E-state index in [9.17, 15) is 9.59 Å². The number of thiocarbonyl (C=S) groups is 1. The van der Waals surface area contributed by atoms with Crippen LogP contribution in [0.25, 0.3) is 6.08 Å². The van der Waals surface area contributed by atoms with E-state index in [0.717, 1.165) is 22.3 Å². The van der Waals surface area contributed by atoms with Gasteiger partial charge >= 0.3 is 0 Å². The summed E-state index contributed by atoms with van der Waals surface area (Å²) < 4.78 is 16.9. The average molecular weight is 541 g/mol. The molecule has 0 atom stereocenters. The van der Waals surface area contributed by atoms with Crippen molar-refractivity contribution in [2.45, 2.75) is 6.61 Å². The number of halogens is 1. The van der Waals surface area contributed by atoms with Crippen LogP contribution in [0.5, 0.6) is 17.2 Å². The molecule has 1 fully saturated rings. The first-order valence-electron chi connectivity index (χ1n) is 10.7. The van der Waals surface area contributed by atoms with Crippen LogP contribution >= 0.6 is 35.6 Å². The van der Waals surface area contributed by atoms with Gasteiger partial charge in [0.1, 0.15) is 12.4 Å². The molecular formula is C26H21ClN2O5S2. The van der Waals surface area contributed by atoms with Crippen molar-refractivity contribution in [2.75, 3.05) is 14.2 Å². The molecule has 184 valence electrons. The lowest BCUT2D eigenvalue weighted by Gasteiger charge is -2.16. The number of ether oxygens (including phenoxy) is 3. The molecule has 0 saturated carbocycles. The molecule has 3 aromatic rings. The molecule has 7 nitrogen and oxygen atoms in total. The van der Waals surface area contributed by atoms with Crippen molar-refractivity contribution in [1.82, 2.24) is 10.4 Å². The summed E-state index contributed by atoms with van der Waals surface area (Å²) in [4.78, 5) is 26.1. The highest BCUT2D eigenvalue weighted by molar-refractivity contribution is 8.26. The Bertz CT molecular complexity index is 1330. The van der Waals surface area contributed by atoms with E-state index in [-0.39, 0.29) is 10.9 Å². The van der Waals surface area contributed by atoms with Gasteiger partial charge < -0.3 is 14.2 Å². The SMILES string of the molecule is COc1ccc(C(=O)NN2C(=O)/C(=C\c3cccc(OC)c3OCc3ccc(Cl)cc3)SC2=S)cc1. The van der Waals surface area contributed by atoms with Gasteiger partial charge in [0.15, 0.2) is 15.8 Å². The first-order valence-corrected chi connectivity index (χ1v) is 12.3. The van der Waals surface area contributed by atoms with Gasteiger partial charge in [-0.2, -0.15) is 5.01 Å². The number of hydrazine groups is 1. The minimum absolute atomic E-state index is 0.208. The summed E-state index contributed by atoms with van der Waals surface area (Å²) in [5.41, 5.74) is 4.48. The standard InChI is InChI=1S/C26H21ClN2O5S2/c1-32-20-12-8-17(9-13-20)24(30)28-29-25(31)22(36-26(29)35)14-18-4-3-5-21(33-2)23(18)34-15-16-6-10-19(27)11-7-16/h3-14H,15H2,1-2H3,(H,28,30)/b22-14+. The average Bonchev–Trinajstić information content (AvgIpc) is 3.15. The fourth-order valence-electron chi connectivity index (χ4n) is 3.31. The zero-order valence-corrected chi connectivity index (χ0v) is 21.7. The first-order chi connectivity index (χ1) is 17.4. The molecule has 1 saturated heterocycles. The third kappa shape index (κ3) is 5.81. The summed E-state index contributed by atoms with van der Waals surface area (Å²) >= 11 is 12.4. The maximum absolute atomic E-state index is 13.1. The second-order valence-electron chi connectivity index (χ2n) is 7.48. The van der Waals surface area contributed by atoms with Gasteiger partial charge in [0.05, 0.1) is 19.1 Å². The van der Waals surface area contributed by atoms with Crippen molar-refractivity contribution in [2.24, 2.45) is 0 Å². The molecule has 0 unspecified atom stereocenters. The number of thioether (sulfide) groups is 1. The van der Waals surface area contributed by atoms with E-state index >= 15 is 0 Å². The number of para-hydroxylation sites is 1. The number of nitrogens with one attached hydrogen (secondary N) is 1. The largest absolute Gasteiger partial charge is 0.497 e. The molecule has 1 heterocycles. The number of carbonyl (C=O) groups excluding carboxylic acids is 2. The lowest BCUT2D eigenvalue weighted by atomic mass is 10.1. The predicted octanol–water partition coefficient (Wildman–Crippen LogP) is 5.48. The molecule has 0 bridgehead atoms. The molecule has 1 aliphatic rings. The van der Waals surface area contributed by atoms with Gasteiger partial charge in [-0.05, 0) is 66.3 Å². The van der Waals surface area contributed by atoms with Crippen LogP contribution in [0.3, 0.4) is 0 Å². The number of hydrogen-bond acceptors (Lipinski definition) is 7. The van der Waals surface area contributed by atoms with E-state index in [1.54, 1.807) is 61.7 Å². The third-order valence-electron chi connectivity index (χ3n) is 5.17. The number of rotatable bonds is 8. The second-order valence-corrected chi connectivity index (χ2v) is 9.59. The number of hydrogen-bond donors (Lipinski definition) is 1. The maximum Gasteiger partial charge on any atom is 0.285 e. The lowest BCUT2D eigenvalue weighted by molar-refractivity contribution is -0.123. The van der Waals surface area contributed by atoms with Crippen molar-refractivity contribution in [3.63, 3.8) is 0 Å². The summed E-state index contributed by atoms with van der Waals surface area (Å²) in [7, 11) is 3.08. The van der Waals surface area contributed by atoms with Crippen molar-refractivity contribution < 1.29 is 23.8 Å². The first kappa shape index (κ1) is 25.6. The molecule has 1 N–H and O–H groups in total. The number of methoxy groups -OCH3 is 2. The van der Waals surface area contributed by atoms with Crippen LogP contribution in [0.1, 0.15) is 21.5 Å². The van der Waals surface area contributed by atoms with Crippen LogP contribution in [-0.4, -0.2) is 35.4 Å². The molecule has 0 aliphatic carbocycles. The molecule has 0 aromatic heterocycles. The van der Waals surface area contributed by atoms with Gasteiger partial charge in [-0.3, -0.25) is 15.0 Å². The summed E-state index contributed by atoms with van der Waals surface area (Å²) in [6, 6.07) is 19.2. The number of carbonyl (C=O) groups is 2. The van der Waals surface area contributed by atoms with Crippen LogP contribution in [0.4, 0.5) is 0 Å². The molecule has 0 radical (unpaired) electrons. The normalized spacial score (nSPS) is 14.2. The third-order valence-corrected chi connectivity index (χ3v) is 6.73. The monoisotopic (exact) mass is 540 g/mol. The fraction of sp³-hybridized carbons (Fsp3) is 0.115. The Kier molecular flexibility index (Phi) is 8.14. The van der Waals surface area contributed by atoms with E-state index in [4.69, 9.17) is 38.0 Å². The summed E-state index contributed by atoms with van der Waals surface area (Å²) in [6.07, 6.45) is 1.67. The Balaban J connectivity index is 1.53. The summed E-state index contributed by atoms with van der Waals surface area (Å²) in [5, 5.41) is 1.70. The Morgan fingerprint density at radius 3 is 2.44 bits per heavy atom. The fourth-order valence-corrected chi connectivity index (χ4v) is 4.61. The molecule has 3 aromatic carbocycles. The smallest absolute Gasteiger partial charge is 0.285 e. The molecule has 36 heavy (non-hydrogen) atoms. The second kappa shape index (κ2) is 11.5. The minimum atomic E-state index is -0.469. The Morgan fingerprint density at radius 1 is 1.06 bits per heavy atom. The minimum Gasteiger partial charge on any atom is -0.497 e. The van der Waals surface area contributed by atoms with Crippen LogP contribution in [0.15, 0.2) is 71.6 Å². The lowest BCUT2D eigenvalue weighted by Crippen LogP contribution is -2.44. The van der Waals surface area contributed by atoms with Gasteiger partial charge in [-0.25, -0.2) is 0 Å². The highest BCUT2D eigenvalue weighted by Crippen LogP contribution is 2.37. The van der Waals surface area contributed by atoms with Crippen molar-refractivity contribution in [1.29, 1.82) is 0 Å². The van der Waals surface area contributed by atoms with Crippen molar-refractivity contribution >= 4 is 57.8 Å². The van der Waals surface area contributed by atoms with Gasteiger partial charge in [0, 0.05) is 16.1 Å². The van der Waals surface area contributed by atoms with E-state index in [0.29, 0.717) is 38.3 Å². The van der Waals surface area contributed by atoms with Gasteiger partial charge in [-0.15, -0.1) is 0 Å². The number of benzene rings is 3. The van der Waals surface area contributed by atoms with E-state index in [1.165, 1.54) is 7.11 Å². The van der Waals surface area contributed by atoms with E-state index in [1.807, 2.05) is 18.2 Å². The van der Waals surface area contributed by atoms with Crippen molar-refractivity contribution in [3.8, 4) is 17.2 Å². The van der Waals surface area contributed by atoms with Gasteiger partial charge in [-0.1, -0.05) is 47.6 Å². The van der Waals surface area contributed by atoms with Gasteiger partial charge in [0.25, 0.3) is 11.8 Å². The van der Waals surface area contributed by atoms with Crippen LogP contribution in [-0.2, 0) is 11.4 Å². The number of nitrogens with zero attached hydrogens (tertiary/aromatic N) is 1. The zero-order valence-electron chi connectivity index (χ0n) is 19.3. The van der Waals surface area contributed by atoms with E-state index in [2.05, 4.69) is 5.43 Å². The highest BCUT2D eigenvalue weighted by atomic mass is 35.5. The number of amides is 2. The van der Waals surface area contributed by atoms with Crippen LogP contribution in [0.2, 0.25) is 5.02 Å². The maximum atomic E-state index is 13.1. The Morgan fingerprint density at radius 2 is 1.78 bits per heavy atom. The summed E-state index contributed by atoms with van der Waals surface area (Å²) in [6.45, 7) is 0.275. The molecule has 0 spiro atoms.